The fourth-order valence-electron chi connectivity index (χ4n) is 2.02. The average Bonchev–Trinajstić information content (AvgIpc) is 2.30. The van der Waals surface area contributed by atoms with Crippen molar-refractivity contribution in [3.63, 3.8) is 0 Å². The van der Waals surface area contributed by atoms with Crippen LogP contribution in [0.3, 0.4) is 0 Å². The van der Waals surface area contributed by atoms with Crippen molar-refractivity contribution in [2.45, 2.75) is 50.7 Å². The van der Waals surface area contributed by atoms with E-state index in [1.54, 1.807) is 0 Å². The summed E-state index contributed by atoms with van der Waals surface area (Å²) in [6, 6.07) is 2.28. The summed E-state index contributed by atoms with van der Waals surface area (Å²) in [5, 5.41) is 18.0. The molecule has 4 heteroatoms. The molecule has 0 aromatic rings. The van der Waals surface area contributed by atoms with Crippen LogP contribution in [0.4, 0.5) is 0 Å². The second kappa shape index (κ2) is 5.62. The van der Waals surface area contributed by atoms with Crippen LogP contribution >= 0.6 is 0 Å². The lowest BCUT2D eigenvalue weighted by molar-refractivity contribution is -0.154. The molecule has 1 saturated heterocycles. The fourth-order valence-corrected chi connectivity index (χ4v) is 2.02. The SMILES string of the molecule is CCC1(C)CC(C#N)(OCCCO)CCO1. The predicted octanol–water partition coefficient (Wildman–Crippen LogP) is 1.63. The molecule has 1 aliphatic heterocycles. The van der Waals surface area contributed by atoms with E-state index < -0.39 is 5.60 Å². The van der Waals surface area contributed by atoms with Gasteiger partial charge in [-0.2, -0.15) is 5.26 Å². The van der Waals surface area contributed by atoms with E-state index in [0.29, 0.717) is 32.5 Å². The monoisotopic (exact) mass is 227 g/mol. The molecule has 0 spiro atoms. The molecule has 1 fully saturated rings. The van der Waals surface area contributed by atoms with Crippen LogP contribution in [0.15, 0.2) is 0 Å². The molecular weight excluding hydrogens is 206 g/mol. The molecule has 2 atom stereocenters. The molecule has 0 saturated carbocycles. The van der Waals surface area contributed by atoms with Gasteiger partial charge < -0.3 is 14.6 Å². The maximum absolute atomic E-state index is 9.28. The topological polar surface area (TPSA) is 62.5 Å². The summed E-state index contributed by atoms with van der Waals surface area (Å²) in [5.74, 6) is 0. The summed E-state index contributed by atoms with van der Waals surface area (Å²) in [5.41, 5.74) is -0.981. The average molecular weight is 227 g/mol. The zero-order valence-electron chi connectivity index (χ0n) is 10.2. The van der Waals surface area contributed by atoms with Crippen molar-refractivity contribution in [2.24, 2.45) is 0 Å². The van der Waals surface area contributed by atoms with Crippen molar-refractivity contribution >= 4 is 0 Å². The van der Waals surface area contributed by atoms with Crippen molar-refractivity contribution < 1.29 is 14.6 Å². The fraction of sp³-hybridized carbons (Fsp3) is 0.917. The van der Waals surface area contributed by atoms with Crippen molar-refractivity contribution in [3.05, 3.63) is 0 Å². The van der Waals surface area contributed by atoms with Gasteiger partial charge in [-0.1, -0.05) is 6.92 Å². The number of nitrogens with zero attached hydrogens (tertiary/aromatic N) is 1. The molecule has 0 bridgehead atoms. The van der Waals surface area contributed by atoms with Crippen LogP contribution in [0, 0.1) is 11.3 Å². The van der Waals surface area contributed by atoms with Crippen LogP contribution in [0.25, 0.3) is 0 Å². The highest BCUT2D eigenvalue weighted by molar-refractivity contribution is 5.07. The number of aliphatic hydroxyl groups is 1. The third-order valence-corrected chi connectivity index (χ3v) is 3.25. The predicted molar refractivity (Wildman–Crippen MR) is 59.9 cm³/mol. The summed E-state index contributed by atoms with van der Waals surface area (Å²) in [7, 11) is 0. The Bertz CT molecular complexity index is 263. The number of hydrogen-bond donors (Lipinski definition) is 1. The Morgan fingerprint density at radius 2 is 2.31 bits per heavy atom. The zero-order valence-corrected chi connectivity index (χ0v) is 10.2. The Hall–Kier alpha value is -0.630. The molecule has 2 unspecified atom stereocenters. The Kier molecular flexibility index (Phi) is 4.72. The van der Waals surface area contributed by atoms with E-state index >= 15 is 0 Å². The highest BCUT2D eigenvalue weighted by Crippen LogP contribution is 2.36. The minimum Gasteiger partial charge on any atom is -0.396 e. The van der Waals surface area contributed by atoms with Crippen LogP contribution in [-0.4, -0.2) is 36.1 Å². The van der Waals surface area contributed by atoms with Gasteiger partial charge in [0, 0.05) is 19.4 Å². The molecule has 0 aromatic carbocycles. The molecule has 0 amide bonds. The molecule has 0 aliphatic carbocycles. The zero-order chi connectivity index (χ0) is 12.1. The number of nitriles is 1. The summed E-state index contributed by atoms with van der Waals surface area (Å²) in [6.45, 7) is 5.18. The smallest absolute Gasteiger partial charge is 0.159 e. The maximum atomic E-state index is 9.28. The van der Waals surface area contributed by atoms with Gasteiger partial charge in [-0.25, -0.2) is 0 Å². The van der Waals surface area contributed by atoms with E-state index in [2.05, 4.69) is 13.0 Å². The molecule has 0 aromatic heterocycles. The Morgan fingerprint density at radius 3 is 2.88 bits per heavy atom. The molecule has 1 aliphatic rings. The van der Waals surface area contributed by atoms with Gasteiger partial charge >= 0.3 is 0 Å². The number of rotatable bonds is 5. The maximum Gasteiger partial charge on any atom is 0.159 e. The Labute approximate surface area is 97.2 Å². The first-order chi connectivity index (χ1) is 7.60. The van der Waals surface area contributed by atoms with Gasteiger partial charge in [-0.05, 0) is 19.8 Å². The minimum absolute atomic E-state index is 0.100. The third-order valence-electron chi connectivity index (χ3n) is 3.25. The number of aliphatic hydroxyl groups excluding tert-OH is 1. The van der Waals surface area contributed by atoms with E-state index in [1.807, 2.05) is 6.92 Å². The summed E-state index contributed by atoms with van der Waals surface area (Å²) in [4.78, 5) is 0. The van der Waals surface area contributed by atoms with E-state index in [-0.39, 0.29) is 12.2 Å². The molecule has 16 heavy (non-hydrogen) atoms. The first-order valence-corrected chi connectivity index (χ1v) is 5.90. The van der Waals surface area contributed by atoms with E-state index in [9.17, 15) is 5.26 Å². The molecule has 1 heterocycles. The van der Waals surface area contributed by atoms with Gasteiger partial charge in [0.25, 0.3) is 0 Å². The highest BCUT2D eigenvalue weighted by atomic mass is 16.5. The molecular formula is C12H21NO3. The van der Waals surface area contributed by atoms with Crippen LogP contribution in [0.1, 0.15) is 39.5 Å². The number of hydrogen-bond acceptors (Lipinski definition) is 4. The Morgan fingerprint density at radius 1 is 1.56 bits per heavy atom. The van der Waals surface area contributed by atoms with Crippen LogP contribution in [0.2, 0.25) is 0 Å². The van der Waals surface area contributed by atoms with Gasteiger partial charge in [0.1, 0.15) is 0 Å². The van der Waals surface area contributed by atoms with Crippen LogP contribution < -0.4 is 0 Å². The lowest BCUT2D eigenvalue weighted by atomic mass is 9.82. The lowest BCUT2D eigenvalue weighted by Gasteiger charge is -2.42. The van der Waals surface area contributed by atoms with E-state index in [4.69, 9.17) is 14.6 Å². The highest BCUT2D eigenvalue weighted by Gasteiger charge is 2.43. The van der Waals surface area contributed by atoms with Gasteiger partial charge in [0.05, 0.1) is 24.9 Å². The van der Waals surface area contributed by atoms with Crippen molar-refractivity contribution in [2.75, 3.05) is 19.8 Å². The standard InChI is InChI=1S/C12H21NO3/c1-3-11(2)9-12(10-13,5-8-15-11)16-7-4-6-14/h14H,3-9H2,1-2H3. The normalized spacial score (nSPS) is 34.6. The molecule has 1 rings (SSSR count). The third kappa shape index (κ3) is 3.18. The van der Waals surface area contributed by atoms with Crippen molar-refractivity contribution in [1.82, 2.24) is 0 Å². The van der Waals surface area contributed by atoms with Gasteiger partial charge in [0.2, 0.25) is 0 Å². The molecule has 4 nitrogen and oxygen atoms in total. The van der Waals surface area contributed by atoms with Crippen molar-refractivity contribution in [3.8, 4) is 6.07 Å². The van der Waals surface area contributed by atoms with Crippen molar-refractivity contribution in [1.29, 1.82) is 5.26 Å². The summed E-state index contributed by atoms with van der Waals surface area (Å²) >= 11 is 0. The van der Waals surface area contributed by atoms with E-state index in [1.165, 1.54) is 0 Å². The molecule has 92 valence electrons. The lowest BCUT2D eigenvalue weighted by Crippen LogP contribution is -2.48. The quantitative estimate of drug-likeness (QED) is 0.725. The first-order valence-electron chi connectivity index (χ1n) is 5.90. The Balaban J connectivity index is 2.61. The second-order valence-electron chi connectivity index (χ2n) is 4.61. The minimum atomic E-state index is -0.724. The van der Waals surface area contributed by atoms with Crippen LogP contribution in [-0.2, 0) is 9.47 Å². The van der Waals surface area contributed by atoms with E-state index in [0.717, 1.165) is 6.42 Å². The second-order valence-corrected chi connectivity index (χ2v) is 4.61. The summed E-state index contributed by atoms with van der Waals surface area (Å²) < 4.78 is 11.4. The first kappa shape index (κ1) is 13.4. The molecule has 1 N–H and O–H groups in total. The number of ether oxygens (including phenoxy) is 2. The van der Waals surface area contributed by atoms with Crippen LogP contribution in [0.5, 0.6) is 0 Å². The largest absolute Gasteiger partial charge is 0.396 e. The van der Waals surface area contributed by atoms with Gasteiger partial charge in [-0.15, -0.1) is 0 Å². The van der Waals surface area contributed by atoms with Gasteiger partial charge in [0.15, 0.2) is 5.60 Å². The van der Waals surface area contributed by atoms with Gasteiger partial charge in [-0.3, -0.25) is 0 Å². The molecule has 0 radical (unpaired) electrons. The summed E-state index contributed by atoms with van der Waals surface area (Å²) in [6.07, 6.45) is 2.68.